The summed E-state index contributed by atoms with van der Waals surface area (Å²) in [4.78, 5) is 11.5. The van der Waals surface area contributed by atoms with Gasteiger partial charge in [0.1, 0.15) is 0 Å². The van der Waals surface area contributed by atoms with Crippen LogP contribution >= 0.6 is 0 Å². The van der Waals surface area contributed by atoms with Gasteiger partial charge < -0.3 is 5.32 Å². The zero-order chi connectivity index (χ0) is 10.6. The molecule has 0 aliphatic rings. The van der Waals surface area contributed by atoms with Gasteiger partial charge in [0.05, 0.1) is 12.2 Å². The molecule has 1 N–H and O–H groups in total. The Balaban J connectivity index is 2.46. The summed E-state index contributed by atoms with van der Waals surface area (Å²) in [6, 6.07) is 3.63. The summed E-state index contributed by atoms with van der Waals surface area (Å²) >= 11 is 0. The van der Waals surface area contributed by atoms with Gasteiger partial charge in [0.2, 0.25) is 5.91 Å². The Kier molecular flexibility index (Phi) is 3.17. The summed E-state index contributed by atoms with van der Waals surface area (Å²) in [5.41, 5.74) is 0.410. The van der Waals surface area contributed by atoms with E-state index in [1.165, 1.54) is 0 Å². The predicted molar refractivity (Wildman–Crippen MR) is 53.3 cm³/mol. The second-order valence-corrected chi connectivity index (χ2v) is 4.15. The highest BCUT2D eigenvalue weighted by atomic mass is 16.2. The van der Waals surface area contributed by atoms with Gasteiger partial charge in [-0.1, -0.05) is 20.8 Å². The molecule has 1 rings (SSSR count). The van der Waals surface area contributed by atoms with Crippen molar-refractivity contribution < 1.29 is 4.79 Å². The molecule has 1 aromatic heterocycles. The van der Waals surface area contributed by atoms with Crippen LogP contribution in [0.4, 0.5) is 0 Å². The number of aromatic nitrogens is 2. The maximum absolute atomic E-state index is 11.5. The highest BCUT2D eigenvalue weighted by Gasteiger charge is 2.20. The molecule has 0 saturated carbocycles. The van der Waals surface area contributed by atoms with Crippen molar-refractivity contribution in [3.05, 3.63) is 24.0 Å². The summed E-state index contributed by atoms with van der Waals surface area (Å²) in [5.74, 6) is 0.0168. The van der Waals surface area contributed by atoms with Crippen LogP contribution in [-0.2, 0) is 11.3 Å². The van der Waals surface area contributed by atoms with Gasteiger partial charge in [-0.3, -0.25) is 4.79 Å². The first-order chi connectivity index (χ1) is 6.50. The molecule has 1 amide bonds. The van der Waals surface area contributed by atoms with Crippen molar-refractivity contribution in [1.29, 1.82) is 0 Å². The summed E-state index contributed by atoms with van der Waals surface area (Å²) < 4.78 is 0. The molecule has 14 heavy (non-hydrogen) atoms. The highest BCUT2D eigenvalue weighted by molar-refractivity contribution is 5.81. The lowest BCUT2D eigenvalue weighted by Crippen LogP contribution is -2.34. The van der Waals surface area contributed by atoms with E-state index in [2.05, 4.69) is 15.5 Å². The Bertz CT molecular complexity index is 303. The molecule has 0 unspecified atom stereocenters. The number of hydrogen-bond acceptors (Lipinski definition) is 3. The lowest BCUT2D eigenvalue weighted by Gasteiger charge is -2.17. The molecule has 0 saturated heterocycles. The molecule has 0 spiro atoms. The molecule has 1 heterocycles. The van der Waals surface area contributed by atoms with Gasteiger partial charge in [-0.15, -0.1) is 0 Å². The van der Waals surface area contributed by atoms with Crippen molar-refractivity contribution in [2.75, 3.05) is 0 Å². The van der Waals surface area contributed by atoms with E-state index in [9.17, 15) is 4.79 Å². The van der Waals surface area contributed by atoms with E-state index in [-0.39, 0.29) is 11.3 Å². The lowest BCUT2D eigenvalue weighted by atomic mass is 9.96. The van der Waals surface area contributed by atoms with E-state index >= 15 is 0 Å². The zero-order valence-corrected chi connectivity index (χ0v) is 8.74. The van der Waals surface area contributed by atoms with E-state index < -0.39 is 0 Å². The van der Waals surface area contributed by atoms with Crippen molar-refractivity contribution in [1.82, 2.24) is 15.5 Å². The smallest absolute Gasteiger partial charge is 0.225 e. The second-order valence-electron chi connectivity index (χ2n) is 4.15. The van der Waals surface area contributed by atoms with Gasteiger partial charge >= 0.3 is 0 Å². The second kappa shape index (κ2) is 4.17. The Morgan fingerprint density at radius 1 is 1.50 bits per heavy atom. The van der Waals surface area contributed by atoms with Crippen LogP contribution < -0.4 is 5.32 Å². The molecule has 0 aliphatic heterocycles. The van der Waals surface area contributed by atoms with E-state index in [4.69, 9.17) is 0 Å². The third-order valence-corrected chi connectivity index (χ3v) is 1.74. The fourth-order valence-corrected chi connectivity index (χ4v) is 0.864. The average molecular weight is 193 g/mol. The summed E-state index contributed by atoms with van der Waals surface area (Å²) in [6.45, 7) is 6.06. The van der Waals surface area contributed by atoms with Crippen molar-refractivity contribution in [2.45, 2.75) is 27.3 Å². The van der Waals surface area contributed by atoms with Gasteiger partial charge in [0, 0.05) is 11.6 Å². The van der Waals surface area contributed by atoms with E-state index in [0.717, 1.165) is 5.69 Å². The fourth-order valence-electron chi connectivity index (χ4n) is 0.864. The number of rotatable bonds is 2. The third-order valence-electron chi connectivity index (χ3n) is 1.74. The Morgan fingerprint density at radius 3 is 2.71 bits per heavy atom. The molecule has 1 aromatic rings. The summed E-state index contributed by atoms with van der Waals surface area (Å²) in [5, 5.41) is 10.4. The van der Waals surface area contributed by atoms with Crippen molar-refractivity contribution >= 4 is 5.91 Å². The normalized spacial score (nSPS) is 11.1. The van der Waals surface area contributed by atoms with Gasteiger partial charge in [0.15, 0.2) is 0 Å². The van der Waals surface area contributed by atoms with Crippen LogP contribution in [0.5, 0.6) is 0 Å². The van der Waals surface area contributed by atoms with Crippen molar-refractivity contribution in [3.8, 4) is 0 Å². The lowest BCUT2D eigenvalue weighted by molar-refractivity contribution is -0.128. The maximum atomic E-state index is 11.5. The quantitative estimate of drug-likeness (QED) is 0.766. The van der Waals surface area contributed by atoms with Crippen LogP contribution in [0, 0.1) is 5.41 Å². The molecule has 0 aromatic carbocycles. The van der Waals surface area contributed by atoms with Crippen LogP contribution in [0.3, 0.4) is 0 Å². The average Bonchev–Trinajstić information content (AvgIpc) is 2.14. The number of nitrogens with zero attached hydrogens (tertiary/aromatic N) is 2. The van der Waals surface area contributed by atoms with Gasteiger partial charge in [-0.2, -0.15) is 10.2 Å². The molecular formula is C10H15N3O. The molecule has 0 aliphatic carbocycles. The zero-order valence-electron chi connectivity index (χ0n) is 8.74. The van der Waals surface area contributed by atoms with Crippen molar-refractivity contribution in [2.24, 2.45) is 5.41 Å². The van der Waals surface area contributed by atoms with E-state index in [0.29, 0.717) is 6.54 Å². The summed E-state index contributed by atoms with van der Waals surface area (Å²) in [6.07, 6.45) is 1.61. The first-order valence-corrected chi connectivity index (χ1v) is 4.55. The highest BCUT2D eigenvalue weighted by Crippen LogP contribution is 2.12. The number of amides is 1. The van der Waals surface area contributed by atoms with Crippen LogP contribution in [0.1, 0.15) is 26.5 Å². The maximum Gasteiger partial charge on any atom is 0.225 e. The molecular weight excluding hydrogens is 178 g/mol. The Labute approximate surface area is 83.7 Å². The monoisotopic (exact) mass is 193 g/mol. The van der Waals surface area contributed by atoms with Gasteiger partial charge in [-0.25, -0.2) is 0 Å². The minimum atomic E-state index is -0.359. The van der Waals surface area contributed by atoms with E-state index in [1.807, 2.05) is 26.8 Å². The fraction of sp³-hybridized carbons (Fsp3) is 0.500. The van der Waals surface area contributed by atoms with Crippen LogP contribution in [-0.4, -0.2) is 16.1 Å². The first-order valence-electron chi connectivity index (χ1n) is 4.55. The largest absolute Gasteiger partial charge is 0.350 e. The topological polar surface area (TPSA) is 54.9 Å². The molecule has 0 atom stereocenters. The first kappa shape index (κ1) is 10.6. The number of hydrogen-bond donors (Lipinski definition) is 1. The molecule has 0 bridgehead atoms. The minimum Gasteiger partial charge on any atom is -0.350 e. The summed E-state index contributed by atoms with van der Waals surface area (Å²) in [7, 11) is 0. The standard InChI is InChI=1S/C10H15N3O/c1-10(2,3)9(14)11-7-8-5-4-6-12-13-8/h4-6H,7H2,1-3H3,(H,11,14). The molecule has 76 valence electrons. The van der Waals surface area contributed by atoms with Gasteiger partial charge in [-0.05, 0) is 12.1 Å². The SMILES string of the molecule is CC(C)(C)C(=O)NCc1cccnn1. The van der Waals surface area contributed by atoms with Gasteiger partial charge in [0.25, 0.3) is 0 Å². The number of nitrogens with one attached hydrogen (secondary N) is 1. The van der Waals surface area contributed by atoms with Crippen LogP contribution in [0.25, 0.3) is 0 Å². The van der Waals surface area contributed by atoms with Crippen LogP contribution in [0.15, 0.2) is 18.3 Å². The molecule has 0 fully saturated rings. The molecule has 0 radical (unpaired) electrons. The number of carbonyl (C=O) groups is 1. The van der Waals surface area contributed by atoms with Crippen molar-refractivity contribution in [3.63, 3.8) is 0 Å². The predicted octanol–water partition coefficient (Wildman–Crippen LogP) is 1.14. The van der Waals surface area contributed by atoms with E-state index in [1.54, 1.807) is 12.3 Å². The number of carbonyl (C=O) groups excluding carboxylic acids is 1. The Morgan fingerprint density at radius 2 is 2.21 bits per heavy atom. The Hall–Kier alpha value is -1.45. The van der Waals surface area contributed by atoms with Crippen LogP contribution in [0.2, 0.25) is 0 Å². The third kappa shape index (κ3) is 3.12. The molecule has 4 nitrogen and oxygen atoms in total. The molecule has 4 heteroatoms. The minimum absolute atomic E-state index is 0.0168.